The van der Waals surface area contributed by atoms with E-state index in [0.717, 1.165) is 16.3 Å². The van der Waals surface area contributed by atoms with Crippen molar-refractivity contribution in [1.82, 2.24) is 0 Å². The number of hydrogen-bond acceptors (Lipinski definition) is 3. The third kappa shape index (κ3) is 1.55. The zero-order valence-corrected chi connectivity index (χ0v) is 10.6. The van der Waals surface area contributed by atoms with Gasteiger partial charge in [0.15, 0.2) is 0 Å². The molecule has 0 radical (unpaired) electrons. The summed E-state index contributed by atoms with van der Waals surface area (Å²) in [6.45, 7) is 5.39. The molecule has 92 valence electrons. The number of hydrogen-bond donors (Lipinski definition) is 0. The lowest BCUT2D eigenvalue weighted by Gasteiger charge is -2.32. The molecule has 2 aromatic carbocycles. The van der Waals surface area contributed by atoms with E-state index in [1.165, 1.54) is 0 Å². The fourth-order valence-corrected chi connectivity index (χ4v) is 2.39. The van der Waals surface area contributed by atoms with Gasteiger partial charge in [-0.2, -0.15) is 0 Å². The van der Waals surface area contributed by atoms with Crippen molar-refractivity contribution in [3.8, 4) is 5.75 Å². The van der Waals surface area contributed by atoms with Crippen molar-refractivity contribution in [2.75, 3.05) is 0 Å². The fraction of sp³-hybridized carbons (Fsp3) is 0.267. The van der Waals surface area contributed by atoms with Gasteiger partial charge in [0.25, 0.3) is 0 Å². The van der Waals surface area contributed by atoms with Gasteiger partial charge < -0.3 is 9.47 Å². The van der Waals surface area contributed by atoms with Gasteiger partial charge in [-0.25, -0.2) is 4.79 Å². The Morgan fingerprint density at radius 3 is 2.61 bits per heavy atom. The number of cyclic esters (lactones) is 1. The predicted octanol–water partition coefficient (Wildman–Crippen LogP) is 3.43. The van der Waals surface area contributed by atoms with Crippen LogP contribution in [0.25, 0.3) is 10.8 Å². The molecule has 0 aromatic heterocycles. The topological polar surface area (TPSA) is 35.5 Å². The van der Waals surface area contributed by atoms with Gasteiger partial charge in [-0.05, 0) is 29.3 Å². The Kier molecular flexibility index (Phi) is 2.14. The van der Waals surface area contributed by atoms with E-state index in [1.54, 1.807) is 13.8 Å². The molecule has 0 N–H and O–H groups in total. The molecule has 0 saturated carbocycles. The number of fused-ring (bicyclic) bond motifs is 2. The quantitative estimate of drug-likeness (QED) is 0.664. The molecule has 1 aliphatic heterocycles. The summed E-state index contributed by atoms with van der Waals surface area (Å²) >= 11 is 0. The highest BCUT2D eigenvalue weighted by atomic mass is 16.7. The van der Waals surface area contributed by atoms with Crippen molar-refractivity contribution in [3.05, 3.63) is 41.5 Å². The number of esters is 1. The van der Waals surface area contributed by atoms with Crippen LogP contribution in [-0.2, 0) is 4.74 Å². The zero-order chi connectivity index (χ0) is 12.9. The zero-order valence-electron chi connectivity index (χ0n) is 10.6. The molecule has 1 heterocycles. The van der Waals surface area contributed by atoms with E-state index in [1.807, 2.05) is 37.3 Å². The van der Waals surface area contributed by atoms with Gasteiger partial charge in [-0.15, -0.1) is 0 Å². The Balaban J connectivity index is 2.33. The molecule has 0 fully saturated rings. The minimum Gasteiger partial charge on any atom is -0.452 e. The Hall–Kier alpha value is -2.03. The first-order chi connectivity index (χ1) is 8.48. The van der Waals surface area contributed by atoms with Crippen molar-refractivity contribution in [1.29, 1.82) is 0 Å². The third-order valence-corrected chi connectivity index (χ3v) is 3.17. The summed E-state index contributed by atoms with van der Waals surface area (Å²) in [5.74, 6) is -0.615. The van der Waals surface area contributed by atoms with Crippen molar-refractivity contribution < 1.29 is 14.3 Å². The Labute approximate surface area is 105 Å². The summed E-state index contributed by atoms with van der Waals surface area (Å²) in [6, 6.07) is 9.85. The Morgan fingerprint density at radius 1 is 1.11 bits per heavy atom. The van der Waals surface area contributed by atoms with Crippen LogP contribution in [0.2, 0.25) is 0 Å². The van der Waals surface area contributed by atoms with E-state index < -0.39 is 5.79 Å². The van der Waals surface area contributed by atoms with Gasteiger partial charge in [0, 0.05) is 13.8 Å². The molecule has 0 aliphatic carbocycles. The lowest BCUT2D eigenvalue weighted by Crippen LogP contribution is -2.39. The van der Waals surface area contributed by atoms with Crippen LogP contribution in [0.4, 0.5) is 0 Å². The van der Waals surface area contributed by atoms with E-state index in [9.17, 15) is 4.79 Å². The van der Waals surface area contributed by atoms with Crippen LogP contribution in [0.5, 0.6) is 5.75 Å². The van der Waals surface area contributed by atoms with Crippen molar-refractivity contribution in [2.24, 2.45) is 0 Å². The standard InChI is InChI=1S/C15H14O3/c1-9-11-7-5-4-6-10(11)8-12-13(9)14(16)18-15(2,3)17-12/h4-8H,1-3H3. The molecular formula is C15H14O3. The van der Waals surface area contributed by atoms with Crippen molar-refractivity contribution in [3.63, 3.8) is 0 Å². The molecule has 0 atom stereocenters. The molecule has 0 saturated heterocycles. The molecular weight excluding hydrogens is 228 g/mol. The summed E-state index contributed by atoms with van der Waals surface area (Å²) < 4.78 is 11.0. The first-order valence-electron chi connectivity index (χ1n) is 5.93. The molecule has 2 aromatic rings. The molecule has 3 nitrogen and oxygen atoms in total. The van der Waals surface area contributed by atoms with Crippen LogP contribution in [0, 0.1) is 6.92 Å². The average Bonchev–Trinajstić information content (AvgIpc) is 2.26. The smallest absolute Gasteiger partial charge is 0.345 e. The second-order valence-electron chi connectivity index (χ2n) is 4.99. The van der Waals surface area contributed by atoms with E-state index in [-0.39, 0.29) is 5.97 Å². The molecule has 0 bridgehead atoms. The normalized spacial score (nSPS) is 16.9. The highest BCUT2D eigenvalue weighted by molar-refractivity contribution is 6.02. The fourth-order valence-electron chi connectivity index (χ4n) is 2.39. The number of carbonyl (C=O) groups is 1. The van der Waals surface area contributed by atoms with E-state index >= 15 is 0 Å². The molecule has 0 amide bonds. The predicted molar refractivity (Wildman–Crippen MR) is 68.8 cm³/mol. The second kappa shape index (κ2) is 3.48. The lowest BCUT2D eigenvalue weighted by molar-refractivity contribution is -0.127. The van der Waals surface area contributed by atoms with E-state index in [4.69, 9.17) is 9.47 Å². The first-order valence-corrected chi connectivity index (χ1v) is 5.93. The molecule has 3 rings (SSSR count). The first kappa shape index (κ1) is 11.1. The number of aryl methyl sites for hydroxylation is 1. The van der Waals surface area contributed by atoms with Crippen molar-refractivity contribution in [2.45, 2.75) is 26.6 Å². The summed E-state index contributed by atoms with van der Waals surface area (Å²) in [6.07, 6.45) is 0. The minimum atomic E-state index is -0.904. The Morgan fingerprint density at radius 2 is 1.83 bits per heavy atom. The maximum absolute atomic E-state index is 12.1. The highest BCUT2D eigenvalue weighted by Gasteiger charge is 2.35. The number of rotatable bonds is 0. The van der Waals surface area contributed by atoms with Gasteiger partial charge in [-0.1, -0.05) is 24.3 Å². The molecule has 1 aliphatic rings. The minimum absolute atomic E-state index is 0.315. The summed E-state index contributed by atoms with van der Waals surface area (Å²) in [7, 11) is 0. The highest BCUT2D eigenvalue weighted by Crippen LogP contribution is 2.37. The van der Waals surface area contributed by atoms with E-state index in [2.05, 4.69) is 0 Å². The summed E-state index contributed by atoms with van der Waals surface area (Å²) in [4.78, 5) is 12.1. The van der Waals surface area contributed by atoms with Gasteiger partial charge in [-0.3, -0.25) is 0 Å². The van der Waals surface area contributed by atoms with Gasteiger partial charge in [0.05, 0.1) is 0 Å². The van der Waals surface area contributed by atoms with Gasteiger partial charge in [0.2, 0.25) is 5.79 Å². The number of ether oxygens (including phenoxy) is 2. The number of benzene rings is 2. The van der Waals surface area contributed by atoms with Gasteiger partial charge in [0.1, 0.15) is 11.3 Å². The molecule has 0 unspecified atom stereocenters. The maximum Gasteiger partial charge on any atom is 0.345 e. The van der Waals surface area contributed by atoms with E-state index in [0.29, 0.717) is 11.3 Å². The van der Waals surface area contributed by atoms with Crippen LogP contribution in [0.3, 0.4) is 0 Å². The number of carbonyl (C=O) groups excluding carboxylic acids is 1. The van der Waals surface area contributed by atoms with Crippen LogP contribution in [-0.4, -0.2) is 11.8 Å². The van der Waals surface area contributed by atoms with Crippen LogP contribution in [0.1, 0.15) is 29.8 Å². The lowest BCUT2D eigenvalue weighted by atomic mass is 9.98. The SMILES string of the molecule is Cc1c2c(cc3ccccc13)OC(C)(C)OC2=O. The largest absolute Gasteiger partial charge is 0.452 e. The Bertz CT molecular complexity index is 656. The van der Waals surface area contributed by atoms with Crippen molar-refractivity contribution >= 4 is 16.7 Å². The molecule has 18 heavy (non-hydrogen) atoms. The van der Waals surface area contributed by atoms with Crippen LogP contribution in [0.15, 0.2) is 30.3 Å². The summed E-state index contributed by atoms with van der Waals surface area (Å²) in [5, 5.41) is 2.12. The van der Waals surface area contributed by atoms with Crippen LogP contribution >= 0.6 is 0 Å². The van der Waals surface area contributed by atoms with Crippen LogP contribution < -0.4 is 4.74 Å². The third-order valence-electron chi connectivity index (χ3n) is 3.17. The molecule has 3 heteroatoms. The van der Waals surface area contributed by atoms with Gasteiger partial charge >= 0.3 is 5.97 Å². The molecule has 0 spiro atoms. The summed E-state index contributed by atoms with van der Waals surface area (Å²) in [5.41, 5.74) is 1.44. The monoisotopic (exact) mass is 242 g/mol. The average molecular weight is 242 g/mol. The maximum atomic E-state index is 12.1. The second-order valence-corrected chi connectivity index (χ2v) is 4.99.